The molecular weight excluding hydrogens is 468 g/mol. The zero-order valence-corrected chi connectivity index (χ0v) is 20.4. The first kappa shape index (κ1) is 23.0. The van der Waals surface area contributed by atoms with Crippen LogP contribution in [0.2, 0.25) is 5.02 Å². The number of carbonyl (C=O) groups is 2. The Hall–Kier alpha value is -2.74. The van der Waals surface area contributed by atoms with Crippen molar-refractivity contribution in [2.75, 3.05) is 38.0 Å². The van der Waals surface area contributed by atoms with Crippen LogP contribution in [0.3, 0.4) is 0 Å². The zero-order valence-electron chi connectivity index (χ0n) is 18.9. The number of thiazole rings is 1. The van der Waals surface area contributed by atoms with Gasteiger partial charge in [-0.05, 0) is 49.1 Å². The Morgan fingerprint density at radius 2 is 1.76 bits per heavy atom. The number of carbonyl (C=O) groups excluding carboxylic acids is 2. The van der Waals surface area contributed by atoms with Gasteiger partial charge < -0.3 is 4.90 Å². The minimum atomic E-state index is -0.224. The fourth-order valence-electron chi connectivity index (χ4n) is 4.64. The van der Waals surface area contributed by atoms with E-state index in [0.29, 0.717) is 15.7 Å². The largest absolute Gasteiger partial charge is 0.340 e. The van der Waals surface area contributed by atoms with E-state index in [-0.39, 0.29) is 17.7 Å². The molecule has 3 aromatic rings. The Morgan fingerprint density at radius 1 is 1.03 bits per heavy atom. The van der Waals surface area contributed by atoms with Gasteiger partial charge in [-0.1, -0.05) is 41.9 Å². The molecule has 34 heavy (non-hydrogen) atoms. The maximum atomic E-state index is 13.3. The number of halogens is 1. The predicted octanol–water partition coefficient (Wildman–Crippen LogP) is 4.47. The Balaban J connectivity index is 1.15. The van der Waals surface area contributed by atoms with E-state index in [1.54, 1.807) is 24.3 Å². The number of benzene rings is 2. The molecule has 1 aromatic heterocycles. The smallest absolute Gasteiger partial charge is 0.257 e. The van der Waals surface area contributed by atoms with Crippen LogP contribution < -0.4 is 5.32 Å². The van der Waals surface area contributed by atoms with Crippen LogP contribution in [0.1, 0.15) is 38.8 Å². The van der Waals surface area contributed by atoms with E-state index in [9.17, 15) is 9.59 Å². The van der Waals surface area contributed by atoms with Crippen LogP contribution in [-0.4, -0.2) is 59.3 Å². The molecule has 1 atom stereocenters. The van der Waals surface area contributed by atoms with Gasteiger partial charge in [0.1, 0.15) is 0 Å². The van der Waals surface area contributed by atoms with E-state index >= 15 is 0 Å². The molecule has 0 saturated carbocycles. The molecule has 6 nitrogen and oxygen atoms in total. The van der Waals surface area contributed by atoms with E-state index < -0.39 is 0 Å². The third kappa shape index (κ3) is 5.17. The topological polar surface area (TPSA) is 65.5 Å². The van der Waals surface area contributed by atoms with Crippen molar-refractivity contribution in [1.29, 1.82) is 0 Å². The van der Waals surface area contributed by atoms with Crippen LogP contribution in [0, 0.1) is 0 Å². The summed E-state index contributed by atoms with van der Waals surface area (Å²) in [7, 11) is 0. The summed E-state index contributed by atoms with van der Waals surface area (Å²) in [5.41, 5.74) is 2.72. The first-order valence-corrected chi connectivity index (χ1v) is 12.9. The normalized spacial score (nSPS) is 18.0. The van der Waals surface area contributed by atoms with Gasteiger partial charge in [-0.25, -0.2) is 4.98 Å². The number of nitrogens with one attached hydrogen (secondary N) is 1. The third-order valence-electron chi connectivity index (χ3n) is 6.59. The van der Waals surface area contributed by atoms with Crippen LogP contribution in [-0.2, 0) is 17.6 Å². The van der Waals surface area contributed by atoms with Crippen molar-refractivity contribution in [2.45, 2.75) is 25.2 Å². The van der Waals surface area contributed by atoms with Gasteiger partial charge in [0.25, 0.3) is 5.91 Å². The van der Waals surface area contributed by atoms with Crippen LogP contribution >= 0.6 is 22.9 Å². The number of aromatic nitrogens is 1. The monoisotopic (exact) mass is 494 g/mol. The number of aryl methyl sites for hydroxylation is 1. The van der Waals surface area contributed by atoms with E-state index in [0.717, 1.165) is 62.6 Å². The summed E-state index contributed by atoms with van der Waals surface area (Å²) >= 11 is 7.38. The molecule has 1 aliphatic carbocycles. The van der Waals surface area contributed by atoms with E-state index in [4.69, 9.17) is 11.6 Å². The molecule has 0 spiro atoms. The SMILES string of the molecule is O=C(Nc1nc2c(s1)CCC2C(=O)N1CCN(CCc2ccccc2)CC1)c1ccc(Cl)cc1. The van der Waals surface area contributed by atoms with E-state index in [1.165, 1.54) is 16.9 Å². The van der Waals surface area contributed by atoms with Gasteiger partial charge in [-0.2, -0.15) is 0 Å². The van der Waals surface area contributed by atoms with Crippen molar-refractivity contribution in [1.82, 2.24) is 14.8 Å². The second-order valence-electron chi connectivity index (χ2n) is 8.78. The number of anilines is 1. The molecule has 2 aromatic carbocycles. The van der Waals surface area contributed by atoms with Gasteiger partial charge in [-0.3, -0.25) is 19.8 Å². The summed E-state index contributed by atoms with van der Waals surface area (Å²) in [4.78, 5) is 36.0. The molecular formula is C26H27ClN4O2S. The van der Waals surface area contributed by atoms with E-state index in [2.05, 4.69) is 39.5 Å². The number of nitrogens with zero attached hydrogens (tertiary/aromatic N) is 3. The lowest BCUT2D eigenvalue weighted by Crippen LogP contribution is -2.50. The quantitative estimate of drug-likeness (QED) is 0.549. The van der Waals surface area contributed by atoms with Gasteiger partial charge in [-0.15, -0.1) is 11.3 Å². The van der Waals surface area contributed by atoms with Crippen LogP contribution in [0.4, 0.5) is 5.13 Å². The molecule has 1 unspecified atom stereocenters. The van der Waals surface area contributed by atoms with Crippen LogP contribution in [0.5, 0.6) is 0 Å². The molecule has 8 heteroatoms. The van der Waals surface area contributed by atoms with Gasteiger partial charge in [0.15, 0.2) is 5.13 Å². The maximum Gasteiger partial charge on any atom is 0.257 e. The van der Waals surface area contributed by atoms with Crippen molar-refractivity contribution >= 4 is 39.9 Å². The van der Waals surface area contributed by atoms with Crippen molar-refractivity contribution < 1.29 is 9.59 Å². The minimum Gasteiger partial charge on any atom is -0.340 e. The fourth-order valence-corrected chi connectivity index (χ4v) is 5.80. The number of hydrogen-bond donors (Lipinski definition) is 1. The summed E-state index contributed by atoms with van der Waals surface area (Å²) in [5.74, 6) is -0.260. The van der Waals surface area contributed by atoms with Crippen molar-refractivity contribution in [3.8, 4) is 0 Å². The third-order valence-corrected chi connectivity index (χ3v) is 7.88. The highest BCUT2D eigenvalue weighted by atomic mass is 35.5. The molecule has 1 fully saturated rings. The molecule has 176 valence electrons. The first-order chi connectivity index (χ1) is 16.6. The van der Waals surface area contributed by atoms with Gasteiger partial charge in [0.2, 0.25) is 5.91 Å². The summed E-state index contributed by atoms with van der Waals surface area (Å²) in [6.07, 6.45) is 2.66. The molecule has 2 amide bonds. The number of amides is 2. The second-order valence-corrected chi connectivity index (χ2v) is 10.3. The maximum absolute atomic E-state index is 13.3. The lowest BCUT2D eigenvalue weighted by molar-refractivity contribution is -0.134. The Labute approximate surface area is 208 Å². The Kier molecular flexibility index (Phi) is 6.94. The highest BCUT2D eigenvalue weighted by Crippen LogP contribution is 2.39. The highest BCUT2D eigenvalue weighted by molar-refractivity contribution is 7.16. The Morgan fingerprint density at radius 3 is 2.50 bits per heavy atom. The molecule has 0 bridgehead atoms. The molecule has 1 saturated heterocycles. The summed E-state index contributed by atoms with van der Waals surface area (Å²) in [6.45, 7) is 4.32. The average Bonchev–Trinajstić information content (AvgIpc) is 3.44. The number of fused-ring (bicyclic) bond motifs is 1. The standard InChI is InChI=1S/C26H27ClN4O2S/c27-20-8-6-19(7-9-20)24(32)29-26-28-23-21(10-11-22(23)34-26)25(33)31-16-14-30(15-17-31)13-12-18-4-2-1-3-5-18/h1-9,21H,10-17H2,(H,28,29,32). The van der Waals surface area contributed by atoms with Crippen LogP contribution in [0.15, 0.2) is 54.6 Å². The molecule has 5 rings (SSSR count). The summed E-state index contributed by atoms with van der Waals surface area (Å²) in [6, 6.07) is 17.3. The first-order valence-electron chi connectivity index (χ1n) is 11.7. The van der Waals surface area contributed by atoms with Gasteiger partial charge >= 0.3 is 0 Å². The predicted molar refractivity (Wildman–Crippen MR) is 136 cm³/mol. The van der Waals surface area contributed by atoms with Crippen molar-refractivity contribution in [3.63, 3.8) is 0 Å². The molecule has 1 N–H and O–H groups in total. The summed E-state index contributed by atoms with van der Waals surface area (Å²) < 4.78 is 0. The highest BCUT2D eigenvalue weighted by Gasteiger charge is 2.36. The van der Waals surface area contributed by atoms with Crippen LogP contribution in [0.25, 0.3) is 0 Å². The number of rotatable bonds is 6. The summed E-state index contributed by atoms with van der Waals surface area (Å²) in [5, 5.41) is 4.01. The molecule has 2 heterocycles. The fraction of sp³-hybridized carbons (Fsp3) is 0.346. The lowest BCUT2D eigenvalue weighted by Gasteiger charge is -2.36. The lowest BCUT2D eigenvalue weighted by atomic mass is 10.1. The molecule has 0 radical (unpaired) electrons. The number of hydrogen-bond acceptors (Lipinski definition) is 5. The van der Waals surface area contributed by atoms with E-state index in [1.807, 2.05) is 11.0 Å². The van der Waals surface area contributed by atoms with Gasteiger partial charge in [0, 0.05) is 48.2 Å². The molecule has 1 aliphatic heterocycles. The Bertz CT molecular complexity index is 1160. The average molecular weight is 495 g/mol. The number of piperazine rings is 1. The zero-order chi connectivity index (χ0) is 23.5. The second kappa shape index (κ2) is 10.3. The molecule has 2 aliphatic rings. The van der Waals surface area contributed by atoms with Crippen molar-refractivity contribution in [2.24, 2.45) is 0 Å². The van der Waals surface area contributed by atoms with Crippen molar-refractivity contribution in [3.05, 3.63) is 81.3 Å². The van der Waals surface area contributed by atoms with Gasteiger partial charge in [0.05, 0.1) is 11.6 Å². The minimum absolute atomic E-state index is 0.169.